The summed E-state index contributed by atoms with van der Waals surface area (Å²) in [6, 6.07) is 9.76. The number of aliphatic carboxylic acids is 1. The Kier molecular flexibility index (Phi) is 4.00. The van der Waals surface area contributed by atoms with Crippen LogP contribution < -0.4 is 0 Å². The van der Waals surface area contributed by atoms with Crippen LogP contribution in [0.2, 0.25) is 0 Å². The van der Waals surface area contributed by atoms with Gasteiger partial charge in [0.25, 0.3) is 0 Å². The average Bonchev–Trinajstić information content (AvgIpc) is 2.36. The number of benzene rings is 1. The lowest BCUT2D eigenvalue weighted by molar-refractivity contribution is -0.147. The van der Waals surface area contributed by atoms with E-state index in [2.05, 4.69) is 0 Å². The van der Waals surface area contributed by atoms with Crippen molar-refractivity contribution < 1.29 is 15.0 Å². The minimum Gasteiger partial charge on any atom is -0.481 e. The summed E-state index contributed by atoms with van der Waals surface area (Å²) in [5.41, 5.74) is 0.142. The van der Waals surface area contributed by atoms with E-state index in [0.717, 1.165) is 30.4 Å². The van der Waals surface area contributed by atoms with Gasteiger partial charge in [-0.2, -0.15) is 0 Å². The molecule has 0 spiro atoms. The third-order valence-corrected chi connectivity index (χ3v) is 4.45. The Morgan fingerprint density at radius 2 is 1.95 bits per heavy atom. The van der Waals surface area contributed by atoms with E-state index in [1.165, 1.54) is 0 Å². The topological polar surface area (TPSA) is 57.5 Å². The van der Waals surface area contributed by atoms with E-state index in [4.69, 9.17) is 5.11 Å². The van der Waals surface area contributed by atoms with E-state index < -0.39 is 17.0 Å². The van der Waals surface area contributed by atoms with E-state index in [1.807, 2.05) is 50.3 Å². The molecule has 0 heterocycles. The van der Waals surface area contributed by atoms with Gasteiger partial charge in [-0.05, 0) is 35.8 Å². The summed E-state index contributed by atoms with van der Waals surface area (Å²) in [6.07, 6.45) is 4.28. The lowest BCUT2D eigenvalue weighted by Gasteiger charge is -2.47. The normalized spacial score (nSPS) is 27.4. The Morgan fingerprint density at radius 1 is 1.30 bits per heavy atom. The first-order chi connectivity index (χ1) is 9.35. The van der Waals surface area contributed by atoms with Gasteiger partial charge < -0.3 is 10.2 Å². The van der Waals surface area contributed by atoms with Gasteiger partial charge in [0.1, 0.15) is 5.60 Å². The standard InChI is InChI=1S/C17H22O3/c1-16(2)10-6-9-14(17(16,20)12-15(18)19)11-13-7-4-3-5-8-13/h3-5,7-8,11,20H,6,9-10,12H2,1-2H3,(H,18,19)/b14-11+/t17-/m1/s1. The first-order valence-electron chi connectivity index (χ1n) is 7.05. The van der Waals surface area contributed by atoms with Crippen LogP contribution in [0.5, 0.6) is 0 Å². The van der Waals surface area contributed by atoms with Crippen LogP contribution in [0, 0.1) is 5.41 Å². The molecular formula is C17H22O3. The molecule has 2 rings (SSSR count). The Balaban J connectivity index is 2.43. The van der Waals surface area contributed by atoms with Crippen LogP contribution in [0.15, 0.2) is 35.9 Å². The van der Waals surface area contributed by atoms with Gasteiger partial charge in [0.2, 0.25) is 0 Å². The van der Waals surface area contributed by atoms with Gasteiger partial charge in [-0.3, -0.25) is 4.79 Å². The van der Waals surface area contributed by atoms with E-state index in [0.29, 0.717) is 0 Å². The molecule has 1 aliphatic rings. The summed E-state index contributed by atoms with van der Waals surface area (Å²) in [5, 5.41) is 20.2. The van der Waals surface area contributed by atoms with Gasteiger partial charge in [-0.15, -0.1) is 0 Å². The Hall–Kier alpha value is -1.61. The molecule has 0 radical (unpaired) electrons. The maximum absolute atomic E-state index is 11.2. The number of carboxylic acid groups (broad SMARTS) is 1. The van der Waals surface area contributed by atoms with E-state index in [9.17, 15) is 9.90 Å². The maximum Gasteiger partial charge on any atom is 0.306 e. The molecule has 1 aliphatic carbocycles. The molecule has 0 amide bonds. The number of aliphatic hydroxyl groups is 1. The molecule has 108 valence electrons. The lowest BCUT2D eigenvalue weighted by atomic mass is 9.61. The van der Waals surface area contributed by atoms with Crippen molar-refractivity contribution in [3.05, 3.63) is 41.5 Å². The fraction of sp³-hybridized carbons (Fsp3) is 0.471. The molecule has 2 N–H and O–H groups in total. The number of carboxylic acids is 1. The maximum atomic E-state index is 11.2. The SMILES string of the molecule is CC1(C)CCC/C(=C\c2ccccc2)[C@]1(O)CC(=O)O. The highest BCUT2D eigenvalue weighted by molar-refractivity contribution is 5.71. The van der Waals surface area contributed by atoms with Crippen molar-refractivity contribution in [2.24, 2.45) is 5.41 Å². The smallest absolute Gasteiger partial charge is 0.306 e. The monoisotopic (exact) mass is 274 g/mol. The molecule has 1 saturated carbocycles. The lowest BCUT2D eigenvalue weighted by Crippen LogP contribution is -2.50. The molecule has 0 unspecified atom stereocenters. The van der Waals surface area contributed by atoms with E-state index in [1.54, 1.807) is 0 Å². The van der Waals surface area contributed by atoms with Gasteiger partial charge in [0.05, 0.1) is 6.42 Å². The highest BCUT2D eigenvalue weighted by Gasteiger charge is 2.49. The summed E-state index contributed by atoms with van der Waals surface area (Å²) in [5.74, 6) is -0.957. The largest absolute Gasteiger partial charge is 0.481 e. The number of rotatable bonds is 3. The molecular weight excluding hydrogens is 252 g/mol. The zero-order valence-corrected chi connectivity index (χ0v) is 12.1. The van der Waals surface area contributed by atoms with Gasteiger partial charge in [-0.1, -0.05) is 50.3 Å². The predicted octanol–water partition coefficient (Wildman–Crippen LogP) is 3.49. The van der Waals surface area contributed by atoms with Gasteiger partial charge in [0.15, 0.2) is 0 Å². The fourth-order valence-corrected chi connectivity index (χ4v) is 3.08. The predicted molar refractivity (Wildman–Crippen MR) is 79.3 cm³/mol. The number of hydrogen-bond acceptors (Lipinski definition) is 2. The highest BCUT2D eigenvalue weighted by Crippen LogP contribution is 2.49. The van der Waals surface area contributed by atoms with Crippen LogP contribution in [0.25, 0.3) is 6.08 Å². The third-order valence-electron chi connectivity index (χ3n) is 4.45. The summed E-state index contributed by atoms with van der Waals surface area (Å²) in [6.45, 7) is 3.90. The molecule has 1 atom stereocenters. The quantitative estimate of drug-likeness (QED) is 0.887. The minimum absolute atomic E-state index is 0.237. The molecule has 3 heteroatoms. The van der Waals surface area contributed by atoms with Gasteiger partial charge in [0, 0.05) is 0 Å². The molecule has 20 heavy (non-hydrogen) atoms. The van der Waals surface area contributed by atoms with Gasteiger partial charge >= 0.3 is 5.97 Å². The van der Waals surface area contributed by atoms with Crippen molar-refractivity contribution in [3.8, 4) is 0 Å². The first kappa shape index (κ1) is 14.8. The average molecular weight is 274 g/mol. The molecule has 0 saturated heterocycles. The summed E-state index contributed by atoms with van der Waals surface area (Å²) in [7, 11) is 0. The van der Waals surface area contributed by atoms with Crippen molar-refractivity contribution in [3.63, 3.8) is 0 Å². The molecule has 0 aromatic heterocycles. The van der Waals surface area contributed by atoms with Crippen molar-refractivity contribution in [1.29, 1.82) is 0 Å². The molecule has 1 aromatic rings. The van der Waals surface area contributed by atoms with Crippen molar-refractivity contribution in [2.45, 2.75) is 45.1 Å². The summed E-state index contributed by atoms with van der Waals surface area (Å²) < 4.78 is 0. The first-order valence-corrected chi connectivity index (χ1v) is 7.05. The van der Waals surface area contributed by atoms with E-state index in [-0.39, 0.29) is 6.42 Å². The van der Waals surface area contributed by atoms with Gasteiger partial charge in [-0.25, -0.2) is 0 Å². The van der Waals surface area contributed by atoms with Crippen molar-refractivity contribution >= 4 is 12.0 Å². The second-order valence-electron chi connectivity index (χ2n) is 6.25. The second-order valence-corrected chi connectivity index (χ2v) is 6.25. The molecule has 3 nitrogen and oxygen atoms in total. The Bertz CT molecular complexity index is 516. The van der Waals surface area contributed by atoms with Crippen molar-refractivity contribution in [1.82, 2.24) is 0 Å². The Morgan fingerprint density at radius 3 is 2.55 bits per heavy atom. The van der Waals surface area contributed by atoms with Crippen LogP contribution >= 0.6 is 0 Å². The number of carbonyl (C=O) groups is 1. The van der Waals surface area contributed by atoms with Crippen LogP contribution in [-0.4, -0.2) is 21.8 Å². The third kappa shape index (κ3) is 2.78. The molecule has 0 bridgehead atoms. The van der Waals surface area contributed by atoms with Crippen LogP contribution in [-0.2, 0) is 4.79 Å². The second kappa shape index (κ2) is 5.41. The van der Waals surface area contributed by atoms with Crippen LogP contribution in [0.4, 0.5) is 0 Å². The molecule has 1 aromatic carbocycles. The zero-order chi connectivity index (χ0) is 14.8. The van der Waals surface area contributed by atoms with Crippen LogP contribution in [0.3, 0.4) is 0 Å². The Labute approximate surface area is 120 Å². The fourth-order valence-electron chi connectivity index (χ4n) is 3.08. The highest BCUT2D eigenvalue weighted by atomic mass is 16.4. The van der Waals surface area contributed by atoms with Crippen molar-refractivity contribution in [2.75, 3.05) is 0 Å². The summed E-state index contributed by atoms with van der Waals surface area (Å²) >= 11 is 0. The van der Waals surface area contributed by atoms with Crippen LogP contribution in [0.1, 0.15) is 45.1 Å². The summed E-state index contributed by atoms with van der Waals surface area (Å²) in [4.78, 5) is 11.2. The minimum atomic E-state index is -1.27. The van der Waals surface area contributed by atoms with E-state index >= 15 is 0 Å². The zero-order valence-electron chi connectivity index (χ0n) is 12.1. The number of hydrogen-bond donors (Lipinski definition) is 2. The molecule has 1 fully saturated rings. The molecule has 0 aliphatic heterocycles.